The van der Waals surface area contributed by atoms with Crippen molar-refractivity contribution in [2.24, 2.45) is 0 Å². The van der Waals surface area contributed by atoms with Gasteiger partial charge in [0.05, 0.1) is 0 Å². The number of rotatable bonds is 2. The Balaban J connectivity index is 1.79. The van der Waals surface area contributed by atoms with Crippen molar-refractivity contribution in [3.05, 3.63) is 71.5 Å². The molecule has 1 unspecified atom stereocenters. The van der Waals surface area contributed by atoms with Gasteiger partial charge in [-0.3, -0.25) is 9.59 Å². The van der Waals surface area contributed by atoms with Gasteiger partial charge in [-0.25, -0.2) is 4.39 Å². The molecule has 2 aliphatic rings. The molecule has 0 spiro atoms. The van der Waals surface area contributed by atoms with E-state index >= 15 is 0 Å². The Bertz CT molecular complexity index is 791. The van der Waals surface area contributed by atoms with E-state index in [1.165, 1.54) is 24.3 Å². The van der Waals surface area contributed by atoms with Gasteiger partial charge in [-0.2, -0.15) is 0 Å². The second kappa shape index (κ2) is 5.44. The quantitative estimate of drug-likeness (QED) is 0.852. The van der Waals surface area contributed by atoms with Gasteiger partial charge in [0, 0.05) is 31.5 Å². The highest BCUT2D eigenvalue weighted by Crippen LogP contribution is 2.46. The molecule has 4 rings (SSSR count). The zero-order valence-electron chi connectivity index (χ0n) is 13.1. The molecule has 2 aromatic carbocycles. The minimum Gasteiger partial charge on any atom is -0.314 e. The van der Waals surface area contributed by atoms with Crippen LogP contribution in [0.2, 0.25) is 0 Å². The van der Waals surface area contributed by atoms with Crippen LogP contribution < -0.4 is 0 Å². The predicted molar refractivity (Wildman–Crippen MR) is 86.5 cm³/mol. The van der Waals surface area contributed by atoms with Crippen LogP contribution in [0.3, 0.4) is 0 Å². The van der Waals surface area contributed by atoms with Crippen molar-refractivity contribution >= 4 is 11.8 Å². The zero-order chi connectivity index (χ0) is 16.7. The van der Waals surface area contributed by atoms with E-state index in [-0.39, 0.29) is 17.6 Å². The number of hydrogen-bond acceptors (Lipinski definition) is 2. The van der Waals surface area contributed by atoms with Gasteiger partial charge in [-0.05, 0) is 29.8 Å². The molecule has 0 aliphatic carbocycles. The summed E-state index contributed by atoms with van der Waals surface area (Å²) in [6.45, 7) is 1.01. The molecule has 24 heavy (non-hydrogen) atoms. The van der Waals surface area contributed by atoms with Crippen LogP contribution in [0.4, 0.5) is 4.39 Å². The fourth-order valence-electron chi connectivity index (χ4n) is 3.91. The second-order valence-corrected chi connectivity index (χ2v) is 6.19. The molecule has 2 aromatic rings. The highest BCUT2D eigenvalue weighted by Gasteiger charge is 2.56. The summed E-state index contributed by atoms with van der Waals surface area (Å²) in [7, 11) is 0. The third-order valence-electron chi connectivity index (χ3n) is 5.00. The Kier molecular flexibility index (Phi) is 3.37. The maximum absolute atomic E-state index is 13.2. The Labute approximate surface area is 139 Å². The van der Waals surface area contributed by atoms with Gasteiger partial charge in [0.1, 0.15) is 11.5 Å². The van der Waals surface area contributed by atoms with E-state index in [1.54, 1.807) is 4.90 Å². The van der Waals surface area contributed by atoms with Crippen LogP contribution in [-0.2, 0) is 10.5 Å². The van der Waals surface area contributed by atoms with E-state index in [2.05, 4.69) is 0 Å². The molecule has 4 nitrogen and oxygen atoms in total. The Morgan fingerprint density at radius 2 is 1.71 bits per heavy atom. The smallest absolute Gasteiger partial charge is 0.256 e. The minimum absolute atomic E-state index is 0.0771. The van der Waals surface area contributed by atoms with Crippen molar-refractivity contribution in [3.8, 4) is 0 Å². The molecule has 0 radical (unpaired) electrons. The first-order chi connectivity index (χ1) is 11.6. The summed E-state index contributed by atoms with van der Waals surface area (Å²) in [5, 5.41) is 0. The monoisotopic (exact) mass is 324 g/mol. The fraction of sp³-hybridized carbons (Fsp3) is 0.263. The number of amides is 2. The molecule has 2 saturated heterocycles. The van der Waals surface area contributed by atoms with Crippen LogP contribution in [0.5, 0.6) is 0 Å². The van der Waals surface area contributed by atoms with Gasteiger partial charge in [0.25, 0.3) is 5.91 Å². The maximum atomic E-state index is 13.2. The van der Waals surface area contributed by atoms with Gasteiger partial charge >= 0.3 is 0 Å². The van der Waals surface area contributed by atoms with Gasteiger partial charge in [-0.1, -0.05) is 30.3 Å². The van der Waals surface area contributed by atoms with Crippen molar-refractivity contribution in [1.82, 2.24) is 9.80 Å². The number of nitrogens with zero attached hydrogens (tertiary/aromatic N) is 2. The van der Waals surface area contributed by atoms with Gasteiger partial charge in [-0.15, -0.1) is 0 Å². The van der Waals surface area contributed by atoms with Crippen LogP contribution in [0.15, 0.2) is 54.6 Å². The summed E-state index contributed by atoms with van der Waals surface area (Å²) in [4.78, 5) is 28.9. The van der Waals surface area contributed by atoms with Crippen molar-refractivity contribution in [2.75, 3.05) is 13.1 Å². The summed E-state index contributed by atoms with van der Waals surface area (Å²) < 4.78 is 13.2. The van der Waals surface area contributed by atoms with E-state index in [9.17, 15) is 14.0 Å². The number of carbonyl (C=O) groups excluding carboxylic acids is 2. The lowest BCUT2D eigenvalue weighted by Gasteiger charge is -2.39. The molecule has 122 valence electrons. The summed E-state index contributed by atoms with van der Waals surface area (Å²) >= 11 is 0. The first kappa shape index (κ1) is 14.9. The molecule has 5 heteroatoms. The molecule has 0 N–H and O–H groups in total. The predicted octanol–water partition coefficient (Wildman–Crippen LogP) is 2.76. The average molecular weight is 324 g/mol. The molecule has 2 aliphatic heterocycles. The number of fused-ring (bicyclic) bond motifs is 1. The Morgan fingerprint density at radius 3 is 2.42 bits per heavy atom. The minimum atomic E-state index is -0.718. The van der Waals surface area contributed by atoms with Gasteiger partial charge in [0.15, 0.2) is 0 Å². The number of benzene rings is 2. The van der Waals surface area contributed by atoms with E-state index in [4.69, 9.17) is 0 Å². The standard InChI is InChI=1S/C19H17FN2O2/c20-16-8-6-14(7-9-16)18(24)22-13-12-21-17(23)10-11-19(21,22)15-4-2-1-3-5-15/h1-9H,10-13H2. The molecule has 1 atom stereocenters. The van der Waals surface area contributed by atoms with Crippen molar-refractivity contribution in [1.29, 1.82) is 0 Å². The van der Waals surface area contributed by atoms with Crippen molar-refractivity contribution in [2.45, 2.75) is 18.5 Å². The number of halogens is 1. The van der Waals surface area contributed by atoms with Crippen molar-refractivity contribution < 1.29 is 14.0 Å². The molecule has 2 amide bonds. The number of hydrogen-bond donors (Lipinski definition) is 0. The highest BCUT2D eigenvalue weighted by molar-refractivity contribution is 5.96. The summed E-state index contributed by atoms with van der Waals surface area (Å²) in [5.74, 6) is -0.465. The molecule has 2 fully saturated rings. The van der Waals surface area contributed by atoms with Gasteiger partial charge in [0.2, 0.25) is 5.91 Å². The lowest BCUT2D eigenvalue weighted by molar-refractivity contribution is -0.131. The van der Waals surface area contributed by atoms with Crippen LogP contribution in [0.25, 0.3) is 0 Å². The van der Waals surface area contributed by atoms with Crippen LogP contribution in [0.1, 0.15) is 28.8 Å². The van der Waals surface area contributed by atoms with Crippen molar-refractivity contribution in [3.63, 3.8) is 0 Å². The SMILES string of the molecule is O=C1CCC2(c3ccccc3)N1CCN2C(=O)c1ccc(F)cc1. The Hall–Kier alpha value is -2.69. The summed E-state index contributed by atoms with van der Waals surface area (Å²) in [6.07, 6.45) is 1.02. The molecule has 2 heterocycles. The van der Waals surface area contributed by atoms with Crippen LogP contribution in [-0.4, -0.2) is 34.7 Å². The van der Waals surface area contributed by atoms with E-state index in [0.29, 0.717) is 31.5 Å². The summed E-state index contributed by atoms with van der Waals surface area (Å²) in [6, 6.07) is 15.2. The third-order valence-corrected chi connectivity index (χ3v) is 5.00. The largest absolute Gasteiger partial charge is 0.314 e. The van der Waals surface area contributed by atoms with E-state index < -0.39 is 5.66 Å². The first-order valence-corrected chi connectivity index (χ1v) is 8.06. The normalized spacial score (nSPS) is 22.8. The second-order valence-electron chi connectivity index (χ2n) is 6.19. The molecule has 0 bridgehead atoms. The molecular formula is C19H17FN2O2. The van der Waals surface area contributed by atoms with Gasteiger partial charge < -0.3 is 9.80 Å². The molecule has 0 saturated carbocycles. The maximum Gasteiger partial charge on any atom is 0.256 e. The van der Waals surface area contributed by atoms with E-state index in [0.717, 1.165) is 5.56 Å². The topological polar surface area (TPSA) is 40.6 Å². The molecule has 0 aromatic heterocycles. The van der Waals surface area contributed by atoms with E-state index in [1.807, 2.05) is 35.2 Å². The number of carbonyl (C=O) groups is 2. The van der Waals surface area contributed by atoms with Crippen LogP contribution >= 0.6 is 0 Å². The average Bonchev–Trinajstić information content (AvgIpc) is 3.15. The lowest BCUT2D eigenvalue weighted by Crippen LogP contribution is -2.50. The fourth-order valence-corrected chi connectivity index (χ4v) is 3.91. The summed E-state index contributed by atoms with van der Waals surface area (Å²) in [5.41, 5.74) is 0.667. The highest BCUT2D eigenvalue weighted by atomic mass is 19.1. The first-order valence-electron chi connectivity index (χ1n) is 8.06. The zero-order valence-corrected chi connectivity index (χ0v) is 13.1. The lowest BCUT2D eigenvalue weighted by atomic mass is 9.95. The Morgan fingerprint density at radius 1 is 1.00 bits per heavy atom. The van der Waals surface area contributed by atoms with Crippen LogP contribution in [0, 0.1) is 5.82 Å². The molecular weight excluding hydrogens is 307 g/mol. The third kappa shape index (κ3) is 2.04.